The van der Waals surface area contributed by atoms with E-state index in [1.165, 1.54) is 86.5 Å². The van der Waals surface area contributed by atoms with Crippen molar-refractivity contribution < 1.29 is 0 Å². The topological polar surface area (TPSA) is 47.6 Å². The number of benzene rings is 8. The highest BCUT2D eigenvalue weighted by Crippen LogP contribution is 2.55. The Kier molecular flexibility index (Phi) is 5.30. The van der Waals surface area contributed by atoms with Crippen molar-refractivity contribution in [2.45, 2.75) is 13.8 Å². The van der Waals surface area contributed by atoms with Gasteiger partial charge in [-0.1, -0.05) is 91.0 Å². The van der Waals surface area contributed by atoms with Gasteiger partial charge in [0.15, 0.2) is 0 Å². The number of hydrogen-bond donors (Lipinski definition) is 0. The Labute approximate surface area is 277 Å². The average Bonchev–Trinajstić information content (AvgIpc) is 3.63. The van der Waals surface area contributed by atoms with E-state index in [0.29, 0.717) is 11.1 Å². The third-order valence-corrected chi connectivity index (χ3v) is 10.6. The zero-order chi connectivity index (χ0) is 32.3. The monoisotopic (exact) mass is 606 g/mol. The highest BCUT2D eigenvalue weighted by Gasteiger charge is 2.27. The van der Waals surface area contributed by atoms with Gasteiger partial charge in [-0.3, -0.25) is 0 Å². The molecule has 0 spiro atoms. The van der Waals surface area contributed by atoms with Gasteiger partial charge in [-0.15, -0.1) is 0 Å². The second-order valence-electron chi connectivity index (χ2n) is 13.1. The molecule has 10 rings (SSSR count). The molecule has 0 amide bonds. The van der Waals surface area contributed by atoms with E-state index in [9.17, 15) is 10.5 Å². The van der Waals surface area contributed by atoms with Crippen LogP contribution < -0.4 is 0 Å². The second-order valence-corrected chi connectivity index (χ2v) is 13.1. The van der Waals surface area contributed by atoms with E-state index in [4.69, 9.17) is 0 Å². The fraction of sp³-hybridized carbons (Fsp3) is 0.0435. The lowest BCUT2D eigenvalue weighted by Crippen LogP contribution is -1.94. The highest BCUT2D eigenvalue weighted by molar-refractivity contribution is 6.44. The Bertz CT molecular complexity index is 3090. The molecule has 0 aliphatic rings. The van der Waals surface area contributed by atoms with E-state index in [2.05, 4.69) is 123 Å². The van der Waals surface area contributed by atoms with Crippen LogP contribution in [-0.2, 0) is 0 Å². The molecule has 2 nitrogen and oxygen atoms in total. The van der Waals surface area contributed by atoms with Crippen molar-refractivity contribution in [1.82, 2.24) is 0 Å². The first-order valence-corrected chi connectivity index (χ1v) is 16.3. The summed E-state index contributed by atoms with van der Waals surface area (Å²) >= 11 is 0. The minimum atomic E-state index is 0.662. The largest absolute Gasteiger partial charge is 0.192 e. The molecule has 0 fully saturated rings. The molecule has 0 saturated carbocycles. The first kappa shape index (κ1) is 26.7. The fourth-order valence-corrected chi connectivity index (χ4v) is 8.72. The Morgan fingerprint density at radius 1 is 0.375 bits per heavy atom. The maximum Gasteiger partial charge on any atom is 0.0991 e. The van der Waals surface area contributed by atoms with Crippen LogP contribution in [0.1, 0.15) is 22.3 Å². The lowest BCUT2D eigenvalue weighted by Gasteiger charge is -2.21. The van der Waals surface area contributed by atoms with E-state index in [-0.39, 0.29) is 0 Å². The smallest absolute Gasteiger partial charge is 0.0991 e. The Morgan fingerprint density at radius 2 is 0.875 bits per heavy atom. The highest BCUT2D eigenvalue weighted by atomic mass is 14.3. The SMILES string of the molecule is Cc1cc(C#N)ccc1-c1c2cc3c4ccccc4c4cccc(c2c(-c2ccc(C#N)cc2C)c2c5cccc6cccc(c12)c65)c43. The Hall–Kier alpha value is -6.48. The van der Waals surface area contributed by atoms with Crippen LogP contribution in [0.4, 0.5) is 0 Å². The maximum atomic E-state index is 9.82. The molecule has 0 aliphatic heterocycles. The quantitative estimate of drug-likeness (QED) is 0.184. The van der Waals surface area contributed by atoms with E-state index >= 15 is 0 Å². The number of nitrogens with zero attached hydrogens (tertiary/aromatic N) is 2. The minimum absolute atomic E-state index is 0.662. The molecule has 48 heavy (non-hydrogen) atoms. The van der Waals surface area contributed by atoms with Crippen LogP contribution in [0.5, 0.6) is 0 Å². The summed E-state index contributed by atoms with van der Waals surface area (Å²) in [4.78, 5) is 0. The molecule has 0 unspecified atom stereocenters. The predicted octanol–water partition coefficient (Wildman–Crippen LogP) is 12.3. The van der Waals surface area contributed by atoms with Gasteiger partial charge < -0.3 is 0 Å². The first-order valence-electron chi connectivity index (χ1n) is 16.3. The van der Waals surface area contributed by atoms with Crippen molar-refractivity contribution in [1.29, 1.82) is 10.5 Å². The lowest BCUT2D eigenvalue weighted by molar-refractivity contribution is 1.42. The van der Waals surface area contributed by atoms with Crippen molar-refractivity contribution in [2.75, 3.05) is 0 Å². The summed E-state index contributed by atoms with van der Waals surface area (Å²) in [6.45, 7) is 4.26. The van der Waals surface area contributed by atoms with Gasteiger partial charge in [-0.05, 0) is 153 Å². The number of rotatable bonds is 2. The summed E-state index contributed by atoms with van der Waals surface area (Å²) < 4.78 is 0. The summed E-state index contributed by atoms with van der Waals surface area (Å²) in [5.41, 5.74) is 8.17. The van der Waals surface area contributed by atoms with Crippen LogP contribution >= 0.6 is 0 Å². The first-order chi connectivity index (χ1) is 23.6. The molecule has 10 aromatic carbocycles. The van der Waals surface area contributed by atoms with Gasteiger partial charge in [-0.2, -0.15) is 10.5 Å². The van der Waals surface area contributed by atoms with Crippen molar-refractivity contribution in [2.24, 2.45) is 0 Å². The van der Waals surface area contributed by atoms with Crippen LogP contribution in [0.2, 0.25) is 0 Å². The zero-order valence-electron chi connectivity index (χ0n) is 26.4. The number of fused-ring (bicyclic) bond motifs is 8. The minimum Gasteiger partial charge on any atom is -0.192 e. The molecule has 0 aromatic heterocycles. The standard InChI is InChI=1S/C46H26N2/c1-25-20-27(23-47)16-18-30(25)42-39-22-38-33-11-4-3-10-32(33)34-12-7-15-37(41(34)38)43(39)44(31-19-17-28(24-48)21-26(31)2)46-36-14-6-9-29-8-5-13-35(40(29)36)45(42)46/h3-22H,1-2H3. The van der Waals surface area contributed by atoms with Gasteiger partial charge in [0.05, 0.1) is 23.3 Å². The van der Waals surface area contributed by atoms with Crippen LogP contribution in [0.3, 0.4) is 0 Å². The van der Waals surface area contributed by atoms with E-state index in [1.54, 1.807) is 0 Å². The Balaban J connectivity index is 1.59. The molecular formula is C46H26N2. The molecular weight excluding hydrogens is 581 g/mol. The van der Waals surface area contributed by atoms with Crippen LogP contribution in [0.25, 0.3) is 97.7 Å². The van der Waals surface area contributed by atoms with Crippen molar-refractivity contribution in [3.63, 3.8) is 0 Å². The third-order valence-electron chi connectivity index (χ3n) is 10.6. The second kappa shape index (κ2) is 9.52. The van der Waals surface area contributed by atoms with Gasteiger partial charge in [0.2, 0.25) is 0 Å². The molecule has 0 radical (unpaired) electrons. The van der Waals surface area contributed by atoms with Crippen LogP contribution in [-0.4, -0.2) is 0 Å². The van der Waals surface area contributed by atoms with Crippen molar-refractivity contribution >= 4 is 75.4 Å². The van der Waals surface area contributed by atoms with Crippen molar-refractivity contribution in [3.05, 3.63) is 144 Å². The molecule has 10 aromatic rings. The number of nitriles is 2. The molecule has 0 aliphatic carbocycles. The Morgan fingerprint density at radius 3 is 1.48 bits per heavy atom. The van der Waals surface area contributed by atoms with Gasteiger partial charge >= 0.3 is 0 Å². The third kappa shape index (κ3) is 3.34. The zero-order valence-corrected chi connectivity index (χ0v) is 26.4. The molecule has 0 saturated heterocycles. The lowest BCUT2D eigenvalue weighted by atomic mass is 9.82. The molecule has 0 atom stereocenters. The summed E-state index contributed by atoms with van der Waals surface area (Å²) in [6, 6.07) is 48.2. The summed E-state index contributed by atoms with van der Waals surface area (Å²) in [7, 11) is 0. The molecule has 0 N–H and O–H groups in total. The average molecular weight is 607 g/mol. The number of hydrogen-bond acceptors (Lipinski definition) is 2. The molecule has 0 heterocycles. The maximum absolute atomic E-state index is 9.82. The summed E-state index contributed by atoms with van der Waals surface area (Å²) in [5.74, 6) is 0. The normalized spacial score (nSPS) is 11.9. The van der Waals surface area contributed by atoms with Gasteiger partial charge in [0, 0.05) is 0 Å². The van der Waals surface area contributed by atoms with Gasteiger partial charge in [-0.25, -0.2) is 0 Å². The van der Waals surface area contributed by atoms with E-state index in [1.807, 2.05) is 24.3 Å². The van der Waals surface area contributed by atoms with Crippen LogP contribution in [0, 0.1) is 36.5 Å². The summed E-state index contributed by atoms with van der Waals surface area (Å²) in [6.07, 6.45) is 0. The molecule has 0 bridgehead atoms. The number of aryl methyl sites for hydroxylation is 2. The van der Waals surface area contributed by atoms with E-state index in [0.717, 1.165) is 22.3 Å². The van der Waals surface area contributed by atoms with Gasteiger partial charge in [0.25, 0.3) is 0 Å². The fourth-order valence-electron chi connectivity index (χ4n) is 8.72. The molecule has 220 valence electrons. The summed E-state index contributed by atoms with van der Waals surface area (Å²) in [5, 5.41) is 37.0. The molecule has 2 heteroatoms. The van der Waals surface area contributed by atoms with Gasteiger partial charge in [0.1, 0.15) is 0 Å². The van der Waals surface area contributed by atoms with Crippen LogP contribution in [0.15, 0.2) is 121 Å². The van der Waals surface area contributed by atoms with Crippen molar-refractivity contribution in [3.8, 4) is 34.4 Å². The van der Waals surface area contributed by atoms with E-state index < -0.39 is 0 Å². The predicted molar refractivity (Wildman–Crippen MR) is 201 cm³/mol.